The Morgan fingerprint density at radius 3 is 2.24 bits per heavy atom. The van der Waals surface area contributed by atoms with E-state index in [1.807, 2.05) is 0 Å². The predicted molar refractivity (Wildman–Crippen MR) is 73.5 cm³/mol. The summed E-state index contributed by atoms with van der Waals surface area (Å²) >= 11 is 0. The molecular weight excluding hydrogens is 212 g/mol. The summed E-state index contributed by atoms with van der Waals surface area (Å²) in [6.45, 7) is 11.4. The maximum absolute atomic E-state index is 5.53. The number of hydrogen-bond acceptors (Lipinski definition) is 3. The third-order valence-corrected chi connectivity index (χ3v) is 3.42. The van der Waals surface area contributed by atoms with Gasteiger partial charge in [0, 0.05) is 32.8 Å². The van der Waals surface area contributed by atoms with Crippen molar-refractivity contribution in [2.75, 3.05) is 46.4 Å². The highest BCUT2D eigenvalue weighted by molar-refractivity contribution is 4.68. The molecule has 0 bridgehead atoms. The third-order valence-electron chi connectivity index (χ3n) is 3.42. The zero-order valence-corrected chi connectivity index (χ0v) is 12.0. The average Bonchev–Trinajstić information content (AvgIpc) is 2.30. The van der Waals surface area contributed by atoms with Crippen LogP contribution in [0.5, 0.6) is 0 Å². The van der Waals surface area contributed by atoms with Crippen molar-refractivity contribution in [1.82, 2.24) is 9.80 Å². The van der Waals surface area contributed by atoms with Crippen LogP contribution in [0.25, 0.3) is 0 Å². The minimum atomic E-state index is 0.389. The van der Waals surface area contributed by atoms with Crippen LogP contribution in [-0.2, 0) is 4.74 Å². The number of ether oxygens (including phenoxy) is 1. The molecule has 1 fully saturated rings. The third kappa shape index (κ3) is 7.74. The second-order valence-corrected chi connectivity index (χ2v) is 5.48. The lowest BCUT2D eigenvalue weighted by Gasteiger charge is -2.32. The van der Waals surface area contributed by atoms with Gasteiger partial charge in [-0.2, -0.15) is 0 Å². The van der Waals surface area contributed by atoms with E-state index in [0.717, 1.165) is 6.61 Å². The van der Waals surface area contributed by atoms with Gasteiger partial charge in [0.2, 0.25) is 0 Å². The van der Waals surface area contributed by atoms with E-state index < -0.39 is 0 Å². The lowest BCUT2D eigenvalue weighted by atomic mass is 10.2. The van der Waals surface area contributed by atoms with Gasteiger partial charge in [-0.05, 0) is 40.3 Å². The fourth-order valence-electron chi connectivity index (χ4n) is 2.18. The maximum Gasteiger partial charge on any atom is 0.0518 e. The Morgan fingerprint density at radius 1 is 0.941 bits per heavy atom. The maximum atomic E-state index is 5.53. The fraction of sp³-hybridized carbons (Fsp3) is 1.00. The summed E-state index contributed by atoms with van der Waals surface area (Å²) in [6.07, 6.45) is 5.64. The van der Waals surface area contributed by atoms with E-state index in [9.17, 15) is 0 Å². The molecule has 17 heavy (non-hydrogen) atoms. The first-order valence-corrected chi connectivity index (χ1v) is 7.21. The van der Waals surface area contributed by atoms with E-state index in [-0.39, 0.29) is 0 Å². The molecule has 0 aromatic rings. The van der Waals surface area contributed by atoms with Crippen molar-refractivity contribution in [3.05, 3.63) is 0 Å². The molecule has 0 aliphatic carbocycles. The predicted octanol–water partition coefficient (Wildman–Crippen LogP) is 2.22. The molecule has 1 aliphatic heterocycles. The van der Waals surface area contributed by atoms with Crippen molar-refractivity contribution in [3.63, 3.8) is 0 Å². The number of piperazine rings is 1. The van der Waals surface area contributed by atoms with Crippen molar-refractivity contribution >= 4 is 0 Å². The lowest BCUT2D eigenvalue weighted by molar-refractivity contribution is 0.0754. The van der Waals surface area contributed by atoms with Gasteiger partial charge in [-0.15, -0.1) is 0 Å². The fourth-order valence-corrected chi connectivity index (χ4v) is 2.18. The quantitative estimate of drug-likeness (QED) is 0.607. The molecule has 3 nitrogen and oxygen atoms in total. The van der Waals surface area contributed by atoms with Crippen LogP contribution in [-0.4, -0.2) is 62.3 Å². The van der Waals surface area contributed by atoms with Gasteiger partial charge in [0.15, 0.2) is 0 Å². The minimum absolute atomic E-state index is 0.389. The van der Waals surface area contributed by atoms with Crippen LogP contribution in [0.3, 0.4) is 0 Å². The monoisotopic (exact) mass is 242 g/mol. The first kappa shape index (κ1) is 14.9. The minimum Gasteiger partial charge on any atom is -0.379 e. The molecule has 0 spiro atoms. The van der Waals surface area contributed by atoms with Crippen LogP contribution in [0.4, 0.5) is 0 Å². The summed E-state index contributed by atoms with van der Waals surface area (Å²) in [5.41, 5.74) is 0. The molecule has 0 atom stereocenters. The molecule has 1 saturated heterocycles. The summed E-state index contributed by atoms with van der Waals surface area (Å²) in [7, 11) is 2.21. The summed E-state index contributed by atoms with van der Waals surface area (Å²) in [4.78, 5) is 5.02. The second kappa shape index (κ2) is 8.90. The Labute approximate surface area is 107 Å². The smallest absolute Gasteiger partial charge is 0.0518 e. The summed E-state index contributed by atoms with van der Waals surface area (Å²) in [5, 5.41) is 0. The molecule has 0 saturated carbocycles. The van der Waals surface area contributed by atoms with Crippen LogP contribution in [0, 0.1) is 0 Å². The first-order valence-electron chi connectivity index (χ1n) is 7.21. The van der Waals surface area contributed by atoms with Crippen LogP contribution in [0.2, 0.25) is 0 Å². The average molecular weight is 242 g/mol. The lowest BCUT2D eigenvalue weighted by Crippen LogP contribution is -2.44. The normalized spacial score (nSPS) is 19.1. The van der Waals surface area contributed by atoms with Gasteiger partial charge >= 0.3 is 0 Å². The van der Waals surface area contributed by atoms with Crippen LogP contribution < -0.4 is 0 Å². The molecule has 102 valence electrons. The number of nitrogens with zero attached hydrogens (tertiary/aromatic N) is 2. The van der Waals surface area contributed by atoms with Crippen molar-refractivity contribution in [2.45, 2.75) is 45.6 Å². The highest BCUT2D eigenvalue weighted by Crippen LogP contribution is 2.05. The van der Waals surface area contributed by atoms with E-state index >= 15 is 0 Å². The topological polar surface area (TPSA) is 15.7 Å². The van der Waals surface area contributed by atoms with Gasteiger partial charge in [0.25, 0.3) is 0 Å². The van der Waals surface area contributed by atoms with Gasteiger partial charge < -0.3 is 14.5 Å². The molecule has 1 rings (SSSR count). The number of hydrogen-bond donors (Lipinski definition) is 0. The van der Waals surface area contributed by atoms with E-state index in [4.69, 9.17) is 4.74 Å². The molecule has 1 heterocycles. The van der Waals surface area contributed by atoms with Crippen LogP contribution in [0.1, 0.15) is 39.5 Å². The van der Waals surface area contributed by atoms with Crippen LogP contribution in [0.15, 0.2) is 0 Å². The largest absolute Gasteiger partial charge is 0.379 e. The molecule has 0 radical (unpaired) electrons. The molecule has 0 aromatic carbocycles. The SMILES string of the molecule is CC(C)OCCCCCCN1CCN(C)CC1. The Balaban J connectivity index is 1.84. The van der Waals surface area contributed by atoms with Crippen LogP contribution >= 0.6 is 0 Å². The standard InChI is InChI=1S/C14H30N2O/c1-14(2)17-13-7-5-4-6-8-16-11-9-15(3)10-12-16/h14H,4-13H2,1-3H3. The Morgan fingerprint density at radius 2 is 1.59 bits per heavy atom. The Bertz CT molecular complexity index is 177. The summed E-state index contributed by atoms with van der Waals surface area (Å²) in [6, 6.07) is 0. The summed E-state index contributed by atoms with van der Waals surface area (Å²) < 4.78 is 5.53. The van der Waals surface area contributed by atoms with E-state index in [1.54, 1.807) is 0 Å². The van der Waals surface area contributed by atoms with Gasteiger partial charge in [-0.25, -0.2) is 0 Å². The summed E-state index contributed by atoms with van der Waals surface area (Å²) in [5.74, 6) is 0. The highest BCUT2D eigenvalue weighted by Gasteiger charge is 2.12. The zero-order valence-electron chi connectivity index (χ0n) is 12.0. The first-order chi connectivity index (χ1) is 8.18. The van der Waals surface area contributed by atoms with Crippen molar-refractivity contribution < 1.29 is 4.74 Å². The second-order valence-electron chi connectivity index (χ2n) is 5.48. The molecular formula is C14H30N2O. The van der Waals surface area contributed by atoms with Gasteiger partial charge in [-0.3, -0.25) is 0 Å². The molecule has 0 aromatic heterocycles. The Kier molecular flexibility index (Phi) is 7.82. The Hall–Kier alpha value is -0.120. The van der Waals surface area contributed by atoms with Gasteiger partial charge in [0.05, 0.1) is 6.10 Å². The molecule has 0 N–H and O–H groups in total. The van der Waals surface area contributed by atoms with Crippen molar-refractivity contribution in [3.8, 4) is 0 Å². The van der Waals surface area contributed by atoms with E-state index in [0.29, 0.717) is 6.10 Å². The molecule has 0 amide bonds. The molecule has 0 unspecified atom stereocenters. The zero-order chi connectivity index (χ0) is 12.5. The number of rotatable bonds is 8. The van der Waals surface area contributed by atoms with Crippen molar-refractivity contribution in [2.24, 2.45) is 0 Å². The highest BCUT2D eigenvalue weighted by atomic mass is 16.5. The number of likely N-dealkylation sites (N-methyl/N-ethyl adjacent to an activating group) is 1. The molecule has 1 aliphatic rings. The van der Waals surface area contributed by atoms with E-state index in [2.05, 4.69) is 30.7 Å². The van der Waals surface area contributed by atoms with Crippen molar-refractivity contribution in [1.29, 1.82) is 0 Å². The van der Waals surface area contributed by atoms with Gasteiger partial charge in [0.1, 0.15) is 0 Å². The number of unbranched alkanes of at least 4 members (excludes halogenated alkanes) is 3. The van der Waals surface area contributed by atoms with E-state index in [1.165, 1.54) is 58.4 Å². The molecule has 3 heteroatoms. The van der Waals surface area contributed by atoms with Gasteiger partial charge in [-0.1, -0.05) is 12.8 Å².